The summed E-state index contributed by atoms with van der Waals surface area (Å²) in [5.41, 5.74) is 2.98. The third kappa shape index (κ3) is 4.83. The Morgan fingerprint density at radius 3 is 2.52 bits per heavy atom. The molecule has 2 aromatic carbocycles. The first-order chi connectivity index (χ1) is 11.0. The van der Waals surface area contributed by atoms with Crippen molar-refractivity contribution in [2.45, 2.75) is 38.6 Å². The van der Waals surface area contributed by atoms with E-state index in [0.29, 0.717) is 12.4 Å². The van der Waals surface area contributed by atoms with Crippen LogP contribution in [0.15, 0.2) is 42.5 Å². The standard InChI is InChI=1S/C19H21BrO3/c1-4-16-11-17(22-12-15-8-6-5-7-9-15)10-13(2)18(16)23-19(21)14(3)20/h5-11,14H,4,12H2,1-3H3. The average Bonchev–Trinajstić information content (AvgIpc) is 2.55. The second-order valence-corrected chi connectivity index (χ2v) is 6.77. The van der Waals surface area contributed by atoms with Crippen molar-refractivity contribution in [3.63, 3.8) is 0 Å². The van der Waals surface area contributed by atoms with E-state index < -0.39 is 0 Å². The summed E-state index contributed by atoms with van der Waals surface area (Å²) in [6, 6.07) is 13.9. The Morgan fingerprint density at radius 1 is 1.22 bits per heavy atom. The van der Waals surface area contributed by atoms with Gasteiger partial charge in [0, 0.05) is 0 Å². The normalized spacial score (nSPS) is 11.8. The van der Waals surface area contributed by atoms with Gasteiger partial charge in [-0.2, -0.15) is 0 Å². The third-order valence-corrected chi connectivity index (χ3v) is 3.86. The number of benzene rings is 2. The Balaban J connectivity index is 2.17. The van der Waals surface area contributed by atoms with Crippen LogP contribution in [0.3, 0.4) is 0 Å². The van der Waals surface area contributed by atoms with Gasteiger partial charge in [-0.3, -0.25) is 4.79 Å². The molecule has 0 spiro atoms. The number of ether oxygens (including phenoxy) is 2. The lowest BCUT2D eigenvalue weighted by molar-refractivity contribution is -0.133. The summed E-state index contributed by atoms with van der Waals surface area (Å²) in [7, 11) is 0. The molecular weight excluding hydrogens is 356 g/mol. The molecule has 0 radical (unpaired) electrons. The lowest BCUT2D eigenvalue weighted by Crippen LogP contribution is -2.18. The first kappa shape index (κ1) is 17.5. The highest BCUT2D eigenvalue weighted by Gasteiger charge is 2.16. The van der Waals surface area contributed by atoms with Crippen molar-refractivity contribution in [1.82, 2.24) is 0 Å². The van der Waals surface area contributed by atoms with Crippen molar-refractivity contribution in [3.8, 4) is 11.5 Å². The minimum absolute atomic E-state index is 0.291. The predicted octanol–water partition coefficient (Wildman–Crippen LogP) is 4.83. The zero-order valence-electron chi connectivity index (χ0n) is 13.6. The van der Waals surface area contributed by atoms with E-state index in [1.54, 1.807) is 6.92 Å². The maximum absolute atomic E-state index is 11.8. The van der Waals surface area contributed by atoms with Crippen LogP contribution in [0.25, 0.3) is 0 Å². The molecule has 0 saturated carbocycles. The topological polar surface area (TPSA) is 35.5 Å². The number of hydrogen-bond donors (Lipinski definition) is 0. The fourth-order valence-electron chi connectivity index (χ4n) is 2.23. The minimum atomic E-state index is -0.333. The molecule has 3 nitrogen and oxygen atoms in total. The summed E-state index contributed by atoms with van der Waals surface area (Å²) in [4.78, 5) is 11.5. The van der Waals surface area contributed by atoms with E-state index in [9.17, 15) is 4.79 Å². The van der Waals surface area contributed by atoms with Gasteiger partial charge >= 0.3 is 5.97 Å². The zero-order chi connectivity index (χ0) is 16.8. The fourth-order valence-corrected chi connectivity index (χ4v) is 2.32. The molecule has 1 atom stereocenters. The van der Waals surface area contributed by atoms with Gasteiger partial charge in [-0.1, -0.05) is 53.2 Å². The second kappa shape index (κ2) is 8.16. The van der Waals surface area contributed by atoms with Gasteiger partial charge in [0.15, 0.2) is 0 Å². The highest BCUT2D eigenvalue weighted by Crippen LogP contribution is 2.30. The number of hydrogen-bond acceptors (Lipinski definition) is 3. The van der Waals surface area contributed by atoms with E-state index in [2.05, 4.69) is 15.9 Å². The molecule has 4 heteroatoms. The van der Waals surface area contributed by atoms with Crippen LogP contribution in [0, 0.1) is 6.92 Å². The van der Waals surface area contributed by atoms with Crippen LogP contribution in [-0.2, 0) is 17.8 Å². The van der Waals surface area contributed by atoms with Crippen LogP contribution in [-0.4, -0.2) is 10.8 Å². The first-order valence-corrected chi connectivity index (χ1v) is 8.58. The van der Waals surface area contributed by atoms with Gasteiger partial charge in [0.2, 0.25) is 0 Å². The smallest absolute Gasteiger partial charge is 0.324 e. The molecule has 0 aliphatic heterocycles. The lowest BCUT2D eigenvalue weighted by Gasteiger charge is -2.15. The van der Waals surface area contributed by atoms with Crippen LogP contribution in [0.2, 0.25) is 0 Å². The van der Waals surface area contributed by atoms with Gasteiger partial charge in [-0.05, 0) is 49.1 Å². The summed E-state index contributed by atoms with van der Waals surface area (Å²) in [6.45, 7) is 6.22. The van der Waals surface area contributed by atoms with Crippen molar-refractivity contribution in [2.75, 3.05) is 0 Å². The van der Waals surface area contributed by atoms with E-state index in [1.807, 2.05) is 56.3 Å². The highest BCUT2D eigenvalue weighted by molar-refractivity contribution is 9.10. The molecule has 0 fully saturated rings. The molecule has 1 unspecified atom stereocenters. The van der Waals surface area contributed by atoms with Crippen molar-refractivity contribution < 1.29 is 14.3 Å². The summed E-state index contributed by atoms with van der Waals surface area (Å²) >= 11 is 3.23. The number of carbonyl (C=O) groups is 1. The lowest BCUT2D eigenvalue weighted by atomic mass is 10.1. The van der Waals surface area contributed by atoms with Gasteiger partial charge in [0.1, 0.15) is 22.9 Å². The first-order valence-electron chi connectivity index (χ1n) is 7.67. The fraction of sp³-hybridized carbons (Fsp3) is 0.316. The van der Waals surface area contributed by atoms with E-state index in [1.165, 1.54) is 0 Å². The van der Waals surface area contributed by atoms with Crippen LogP contribution in [0.5, 0.6) is 11.5 Å². The number of alkyl halides is 1. The molecule has 0 saturated heterocycles. The monoisotopic (exact) mass is 376 g/mol. The SMILES string of the molecule is CCc1cc(OCc2ccccc2)cc(C)c1OC(=O)C(C)Br. The summed E-state index contributed by atoms with van der Waals surface area (Å²) in [6.07, 6.45) is 0.767. The van der Waals surface area contributed by atoms with Crippen LogP contribution in [0.4, 0.5) is 0 Å². The molecule has 0 bridgehead atoms. The van der Waals surface area contributed by atoms with Gasteiger partial charge in [0.05, 0.1) is 0 Å². The molecule has 0 aromatic heterocycles. The van der Waals surface area contributed by atoms with Gasteiger partial charge in [0.25, 0.3) is 0 Å². The summed E-state index contributed by atoms with van der Waals surface area (Å²) in [5.74, 6) is 1.13. The molecule has 0 aliphatic carbocycles. The maximum Gasteiger partial charge on any atom is 0.324 e. The Kier molecular flexibility index (Phi) is 6.22. The minimum Gasteiger partial charge on any atom is -0.489 e. The second-order valence-electron chi connectivity index (χ2n) is 5.39. The van der Waals surface area contributed by atoms with Crippen molar-refractivity contribution in [3.05, 3.63) is 59.2 Å². The third-order valence-electron chi connectivity index (χ3n) is 3.48. The van der Waals surface area contributed by atoms with Crippen molar-refractivity contribution >= 4 is 21.9 Å². The van der Waals surface area contributed by atoms with Gasteiger partial charge in [-0.15, -0.1) is 0 Å². The largest absolute Gasteiger partial charge is 0.489 e. The van der Waals surface area contributed by atoms with Crippen LogP contribution in [0.1, 0.15) is 30.5 Å². The number of carbonyl (C=O) groups excluding carboxylic acids is 1. The molecule has 122 valence electrons. The molecular formula is C19H21BrO3. The van der Waals surface area contributed by atoms with Gasteiger partial charge in [-0.25, -0.2) is 0 Å². The highest BCUT2D eigenvalue weighted by atomic mass is 79.9. The molecule has 2 rings (SSSR count). The molecule has 0 N–H and O–H groups in total. The number of aryl methyl sites for hydroxylation is 2. The average molecular weight is 377 g/mol. The van der Waals surface area contributed by atoms with Crippen LogP contribution >= 0.6 is 15.9 Å². The van der Waals surface area contributed by atoms with E-state index in [-0.39, 0.29) is 10.8 Å². The zero-order valence-corrected chi connectivity index (χ0v) is 15.2. The predicted molar refractivity (Wildman–Crippen MR) is 95.4 cm³/mol. The number of halogens is 1. The summed E-state index contributed by atoms with van der Waals surface area (Å²) < 4.78 is 11.4. The van der Waals surface area contributed by atoms with Crippen molar-refractivity contribution in [2.24, 2.45) is 0 Å². The number of rotatable bonds is 6. The van der Waals surface area contributed by atoms with Crippen molar-refractivity contribution in [1.29, 1.82) is 0 Å². The molecule has 2 aromatic rings. The van der Waals surface area contributed by atoms with Crippen LogP contribution < -0.4 is 9.47 Å². The molecule has 23 heavy (non-hydrogen) atoms. The Labute approximate surface area is 145 Å². The number of esters is 1. The van der Waals surface area contributed by atoms with E-state index >= 15 is 0 Å². The molecule has 0 aliphatic rings. The molecule has 0 amide bonds. The van der Waals surface area contributed by atoms with E-state index in [4.69, 9.17) is 9.47 Å². The maximum atomic E-state index is 11.8. The Bertz CT molecular complexity index is 666. The van der Waals surface area contributed by atoms with E-state index in [0.717, 1.165) is 28.9 Å². The summed E-state index contributed by atoms with van der Waals surface area (Å²) in [5, 5.41) is 0. The molecule has 0 heterocycles. The quantitative estimate of drug-likeness (QED) is 0.411. The Morgan fingerprint density at radius 2 is 1.91 bits per heavy atom. The Hall–Kier alpha value is -1.81. The van der Waals surface area contributed by atoms with Gasteiger partial charge < -0.3 is 9.47 Å².